The lowest BCUT2D eigenvalue weighted by Gasteiger charge is -2.24. The third-order valence-electron chi connectivity index (χ3n) is 2.81. The first kappa shape index (κ1) is 15.3. The molecule has 0 spiro atoms. The molecule has 0 aliphatic heterocycles. The van der Waals surface area contributed by atoms with E-state index in [2.05, 4.69) is 18.8 Å². The fourth-order valence-corrected chi connectivity index (χ4v) is 2.38. The number of hydrogen-bond acceptors (Lipinski definition) is 3. The molecular weight excluding hydrogens is 268 g/mol. The van der Waals surface area contributed by atoms with Gasteiger partial charge < -0.3 is 4.90 Å². The molecule has 1 rings (SSSR count). The van der Waals surface area contributed by atoms with Crippen molar-refractivity contribution in [2.45, 2.75) is 26.3 Å². The van der Waals surface area contributed by atoms with Gasteiger partial charge >= 0.3 is 0 Å². The summed E-state index contributed by atoms with van der Waals surface area (Å²) in [6.07, 6.45) is 2.49. The molecule has 1 atom stereocenters. The predicted octanol–water partition coefficient (Wildman–Crippen LogP) is 3.34. The third-order valence-corrected chi connectivity index (χ3v) is 3.97. The minimum Gasteiger partial charge on any atom is -0.338 e. The third kappa shape index (κ3) is 4.50. The number of pyridine rings is 1. The van der Waals surface area contributed by atoms with Crippen LogP contribution in [0.5, 0.6) is 0 Å². The highest BCUT2D eigenvalue weighted by atomic mass is 35.5. The van der Waals surface area contributed by atoms with E-state index in [9.17, 15) is 4.79 Å². The molecule has 3 nitrogen and oxygen atoms in total. The lowest BCUT2D eigenvalue weighted by Crippen LogP contribution is -2.35. The summed E-state index contributed by atoms with van der Waals surface area (Å²) < 4.78 is 0. The summed E-state index contributed by atoms with van der Waals surface area (Å²) >= 11 is 7.65. The number of nitrogens with zero attached hydrogens (tertiary/aromatic N) is 2. The van der Waals surface area contributed by atoms with Gasteiger partial charge in [-0.25, -0.2) is 4.98 Å². The number of hydrogen-bond donors (Lipinski definition) is 0. The molecule has 0 saturated carbocycles. The van der Waals surface area contributed by atoms with Gasteiger partial charge in [-0.2, -0.15) is 11.8 Å². The van der Waals surface area contributed by atoms with Gasteiger partial charge in [0.2, 0.25) is 0 Å². The van der Waals surface area contributed by atoms with E-state index in [1.54, 1.807) is 17.0 Å². The van der Waals surface area contributed by atoms with Crippen LogP contribution in [0.4, 0.5) is 0 Å². The van der Waals surface area contributed by atoms with Crippen molar-refractivity contribution >= 4 is 29.3 Å². The van der Waals surface area contributed by atoms with Crippen LogP contribution < -0.4 is 0 Å². The second-order valence-electron chi connectivity index (χ2n) is 4.11. The van der Waals surface area contributed by atoms with Gasteiger partial charge in [0.25, 0.3) is 5.91 Å². The second-order valence-corrected chi connectivity index (χ2v) is 5.94. The molecule has 0 aliphatic carbocycles. The maximum atomic E-state index is 12.1. The molecule has 5 heteroatoms. The summed E-state index contributed by atoms with van der Waals surface area (Å²) in [4.78, 5) is 17.9. The lowest BCUT2D eigenvalue weighted by atomic mass is 10.2. The zero-order chi connectivity index (χ0) is 13.5. The van der Waals surface area contributed by atoms with Gasteiger partial charge in [0.1, 0.15) is 5.69 Å². The van der Waals surface area contributed by atoms with Crippen LogP contribution in [-0.4, -0.2) is 40.4 Å². The minimum atomic E-state index is -0.0549. The van der Waals surface area contributed by atoms with Crippen molar-refractivity contribution < 1.29 is 4.79 Å². The average Bonchev–Trinajstić information content (AvgIpc) is 2.38. The van der Waals surface area contributed by atoms with Crippen LogP contribution in [0.2, 0.25) is 5.02 Å². The van der Waals surface area contributed by atoms with Crippen molar-refractivity contribution in [2.24, 2.45) is 0 Å². The van der Waals surface area contributed by atoms with Crippen LogP contribution in [0.1, 0.15) is 30.8 Å². The Morgan fingerprint density at radius 1 is 1.56 bits per heavy atom. The van der Waals surface area contributed by atoms with Gasteiger partial charge in [0.15, 0.2) is 0 Å². The summed E-state index contributed by atoms with van der Waals surface area (Å²) in [5.41, 5.74) is 0.442. The van der Waals surface area contributed by atoms with Crippen LogP contribution >= 0.6 is 23.4 Å². The molecule has 0 aliphatic rings. The normalized spacial score (nSPS) is 12.2. The monoisotopic (exact) mass is 286 g/mol. The number of carbonyl (C=O) groups excluding carboxylic acids is 1. The van der Waals surface area contributed by atoms with Gasteiger partial charge in [-0.1, -0.05) is 18.5 Å². The van der Waals surface area contributed by atoms with Crippen molar-refractivity contribution in [1.29, 1.82) is 0 Å². The standard InChI is InChI=1S/C13H19ClN2OS/c1-4-18-8-7-10(2)16(3)13(17)12-6-5-11(14)9-15-12/h5-6,9-10H,4,7-8H2,1-3H3/t10-/m0/s1. The average molecular weight is 287 g/mol. The van der Waals surface area contributed by atoms with Crippen LogP contribution in [-0.2, 0) is 0 Å². The largest absolute Gasteiger partial charge is 0.338 e. The van der Waals surface area contributed by atoms with E-state index in [1.165, 1.54) is 6.20 Å². The van der Waals surface area contributed by atoms with Crippen LogP contribution in [0, 0.1) is 0 Å². The summed E-state index contributed by atoms with van der Waals surface area (Å²) in [7, 11) is 1.82. The van der Waals surface area contributed by atoms with Crippen molar-refractivity contribution in [3.8, 4) is 0 Å². The van der Waals surface area contributed by atoms with E-state index in [1.807, 2.05) is 18.8 Å². The van der Waals surface area contributed by atoms with E-state index in [-0.39, 0.29) is 11.9 Å². The van der Waals surface area contributed by atoms with E-state index >= 15 is 0 Å². The highest BCUT2D eigenvalue weighted by Gasteiger charge is 2.18. The zero-order valence-corrected chi connectivity index (χ0v) is 12.6. The van der Waals surface area contributed by atoms with Crippen molar-refractivity contribution in [2.75, 3.05) is 18.6 Å². The van der Waals surface area contributed by atoms with Gasteiger partial charge in [-0.05, 0) is 37.0 Å². The summed E-state index contributed by atoms with van der Waals surface area (Å²) in [5, 5.41) is 0.543. The molecule has 100 valence electrons. The Morgan fingerprint density at radius 2 is 2.28 bits per heavy atom. The molecule has 1 aromatic rings. The van der Waals surface area contributed by atoms with E-state index in [0.29, 0.717) is 10.7 Å². The molecule has 0 fully saturated rings. The SMILES string of the molecule is CCSCC[C@H](C)N(C)C(=O)c1ccc(Cl)cn1. The Balaban J connectivity index is 2.57. The molecular formula is C13H19ClN2OS. The molecule has 0 N–H and O–H groups in total. The lowest BCUT2D eigenvalue weighted by molar-refractivity contribution is 0.0735. The number of rotatable bonds is 6. The predicted molar refractivity (Wildman–Crippen MR) is 78.4 cm³/mol. The Bertz CT molecular complexity index is 383. The van der Waals surface area contributed by atoms with Gasteiger partial charge in [0, 0.05) is 19.3 Å². The van der Waals surface area contributed by atoms with Crippen LogP contribution in [0.3, 0.4) is 0 Å². The van der Waals surface area contributed by atoms with E-state index in [4.69, 9.17) is 11.6 Å². The Hall–Kier alpha value is -0.740. The smallest absolute Gasteiger partial charge is 0.272 e. The topological polar surface area (TPSA) is 33.2 Å². The molecule has 1 heterocycles. The summed E-state index contributed by atoms with van der Waals surface area (Å²) in [6, 6.07) is 3.57. The number of carbonyl (C=O) groups is 1. The zero-order valence-electron chi connectivity index (χ0n) is 11.0. The Labute approximate surface area is 118 Å². The van der Waals surface area contributed by atoms with Crippen molar-refractivity contribution in [1.82, 2.24) is 9.88 Å². The fraction of sp³-hybridized carbons (Fsp3) is 0.538. The van der Waals surface area contributed by atoms with Crippen LogP contribution in [0.25, 0.3) is 0 Å². The molecule has 0 saturated heterocycles. The first-order chi connectivity index (χ1) is 8.56. The Morgan fingerprint density at radius 3 is 2.83 bits per heavy atom. The molecule has 0 unspecified atom stereocenters. The molecule has 1 aromatic heterocycles. The molecule has 0 aromatic carbocycles. The van der Waals surface area contributed by atoms with Gasteiger partial charge in [0.05, 0.1) is 5.02 Å². The first-order valence-corrected chi connectivity index (χ1v) is 7.56. The van der Waals surface area contributed by atoms with E-state index in [0.717, 1.165) is 17.9 Å². The molecule has 18 heavy (non-hydrogen) atoms. The number of halogens is 1. The number of aromatic nitrogens is 1. The van der Waals surface area contributed by atoms with Gasteiger partial charge in [-0.3, -0.25) is 4.79 Å². The highest BCUT2D eigenvalue weighted by Crippen LogP contribution is 2.12. The number of thioether (sulfide) groups is 1. The van der Waals surface area contributed by atoms with Gasteiger partial charge in [-0.15, -0.1) is 0 Å². The molecule has 0 bridgehead atoms. The van der Waals surface area contributed by atoms with Crippen LogP contribution in [0.15, 0.2) is 18.3 Å². The number of amides is 1. The second kappa shape index (κ2) is 7.64. The molecule has 1 amide bonds. The minimum absolute atomic E-state index is 0.0549. The quantitative estimate of drug-likeness (QED) is 0.752. The molecule has 0 radical (unpaired) electrons. The maximum Gasteiger partial charge on any atom is 0.272 e. The Kier molecular flexibility index (Phi) is 6.50. The highest BCUT2D eigenvalue weighted by molar-refractivity contribution is 7.99. The van der Waals surface area contributed by atoms with Crippen molar-refractivity contribution in [3.63, 3.8) is 0 Å². The summed E-state index contributed by atoms with van der Waals surface area (Å²) in [5.74, 6) is 2.13. The van der Waals surface area contributed by atoms with E-state index < -0.39 is 0 Å². The van der Waals surface area contributed by atoms with Crippen molar-refractivity contribution in [3.05, 3.63) is 29.0 Å². The summed E-state index contributed by atoms with van der Waals surface area (Å²) in [6.45, 7) is 4.20. The first-order valence-electron chi connectivity index (χ1n) is 6.02. The fourth-order valence-electron chi connectivity index (χ4n) is 1.48. The maximum absolute atomic E-state index is 12.1.